The van der Waals surface area contributed by atoms with Crippen LogP contribution in [0.4, 0.5) is 4.39 Å². The standard InChI is InChI=1S/C11H13FN4O/c1-16-10(6-13)14-11(15-16)8-5-7(12)3-4-9(8)17-2/h3-5H,6,13H2,1-2H3. The third-order valence-corrected chi connectivity index (χ3v) is 2.44. The maximum atomic E-state index is 13.2. The third kappa shape index (κ3) is 2.12. The van der Waals surface area contributed by atoms with Gasteiger partial charge in [0, 0.05) is 7.05 Å². The van der Waals surface area contributed by atoms with E-state index in [2.05, 4.69) is 10.1 Å². The van der Waals surface area contributed by atoms with E-state index in [1.54, 1.807) is 17.8 Å². The molecule has 0 spiro atoms. The molecule has 0 unspecified atom stereocenters. The summed E-state index contributed by atoms with van der Waals surface area (Å²) in [4.78, 5) is 4.23. The molecule has 0 amide bonds. The maximum Gasteiger partial charge on any atom is 0.185 e. The van der Waals surface area contributed by atoms with Gasteiger partial charge in [0.25, 0.3) is 0 Å². The molecule has 5 nitrogen and oxygen atoms in total. The quantitative estimate of drug-likeness (QED) is 0.866. The van der Waals surface area contributed by atoms with Crippen LogP contribution in [0.5, 0.6) is 5.75 Å². The fraction of sp³-hybridized carbons (Fsp3) is 0.273. The van der Waals surface area contributed by atoms with Crippen LogP contribution < -0.4 is 10.5 Å². The van der Waals surface area contributed by atoms with E-state index < -0.39 is 0 Å². The summed E-state index contributed by atoms with van der Waals surface area (Å²) in [6, 6.07) is 4.22. The summed E-state index contributed by atoms with van der Waals surface area (Å²) in [6.45, 7) is 0.279. The lowest BCUT2D eigenvalue weighted by Gasteiger charge is -2.04. The molecule has 0 aliphatic heterocycles. The Morgan fingerprint density at radius 1 is 1.47 bits per heavy atom. The zero-order valence-corrected chi connectivity index (χ0v) is 9.64. The molecule has 1 aromatic heterocycles. The van der Waals surface area contributed by atoms with Crippen molar-refractivity contribution in [3.8, 4) is 17.1 Å². The minimum Gasteiger partial charge on any atom is -0.496 e. The van der Waals surface area contributed by atoms with E-state index in [1.165, 1.54) is 19.2 Å². The topological polar surface area (TPSA) is 66.0 Å². The number of nitrogens with two attached hydrogens (primary N) is 1. The molecule has 0 aliphatic carbocycles. The number of aryl methyl sites for hydroxylation is 1. The number of ether oxygens (including phenoxy) is 1. The SMILES string of the molecule is COc1ccc(F)cc1-c1nc(CN)n(C)n1. The Balaban J connectivity index is 2.54. The number of methoxy groups -OCH3 is 1. The molecule has 0 fully saturated rings. The number of benzene rings is 1. The van der Waals surface area contributed by atoms with Gasteiger partial charge in [-0.1, -0.05) is 0 Å². The molecule has 1 heterocycles. The summed E-state index contributed by atoms with van der Waals surface area (Å²) in [5.74, 6) is 1.21. The van der Waals surface area contributed by atoms with Crippen molar-refractivity contribution in [2.45, 2.75) is 6.54 Å². The van der Waals surface area contributed by atoms with Crippen LogP contribution in [-0.2, 0) is 13.6 Å². The lowest BCUT2D eigenvalue weighted by molar-refractivity contribution is 0.415. The fourth-order valence-electron chi connectivity index (χ4n) is 1.56. The van der Waals surface area contributed by atoms with Gasteiger partial charge < -0.3 is 10.5 Å². The summed E-state index contributed by atoms with van der Waals surface area (Å²) >= 11 is 0. The molecule has 0 atom stereocenters. The van der Waals surface area contributed by atoms with Gasteiger partial charge in [-0.15, -0.1) is 0 Å². The zero-order valence-electron chi connectivity index (χ0n) is 9.64. The number of aromatic nitrogens is 3. The first-order chi connectivity index (χ1) is 8.15. The minimum absolute atomic E-state index is 0.279. The second kappa shape index (κ2) is 4.50. The van der Waals surface area contributed by atoms with Gasteiger partial charge in [-0.05, 0) is 18.2 Å². The monoisotopic (exact) mass is 236 g/mol. The molecule has 2 aromatic rings. The summed E-state index contributed by atoms with van der Waals surface area (Å²) < 4.78 is 19.9. The minimum atomic E-state index is -0.359. The Hall–Kier alpha value is -1.95. The van der Waals surface area contributed by atoms with Crippen molar-refractivity contribution in [3.63, 3.8) is 0 Å². The van der Waals surface area contributed by atoms with Crippen molar-refractivity contribution in [2.24, 2.45) is 12.8 Å². The van der Waals surface area contributed by atoms with Crippen LogP contribution in [0, 0.1) is 5.82 Å². The van der Waals surface area contributed by atoms with Gasteiger partial charge in [0.2, 0.25) is 0 Å². The van der Waals surface area contributed by atoms with Crippen LogP contribution in [-0.4, -0.2) is 21.9 Å². The number of hydrogen-bond acceptors (Lipinski definition) is 4. The van der Waals surface area contributed by atoms with Gasteiger partial charge >= 0.3 is 0 Å². The molecule has 0 aliphatic rings. The summed E-state index contributed by atoms with van der Waals surface area (Å²) in [6.07, 6.45) is 0. The maximum absolute atomic E-state index is 13.2. The van der Waals surface area contributed by atoms with Crippen molar-refractivity contribution < 1.29 is 9.13 Å². The lowest BCUT2D eigenvalue weighted by Crippen LogP contribution is -2.05. The molecular formula is C11H13FN4O. The average molecular weight is 236 g/mol. The van der Waals surface area contributed by atoms with Gasteiger partial charge in [-0.3, -0.25) is 4.68 Å². The van der Waals surface area contributed by atoms with Crippen LogP contribution in [0.15, 0.2) is 18.2 Å². The number of halogens is 1. The van der Waals surface area contributed by atoms with Crippen molar-refractivity contribution >= 4 is 0 Å². The predicted molar refractivity (Wildman–Crippen MR) is 60.8 cm³/mol. The van der Waals surface area contributed by atoms with Gasteiger partial charge in [0.1, 0.15) is 17.4 Å². The van der Waals surface area contributed by atoms with Crippen LogP contribution in [0.3, 0.4) is 0 Å². The van der Waals surface area contributed by atoms with Gasteiger partial charge in [-0.25, -0.2) is 9.37 Å². The van der Waals surface area contributed by atoms with E-state index in [-0.39, 0.29) is 12.4 Å². The second-order valence-corrected chi connectivity index (χ2v) is 3.52. The first-order valence-corrected chi connectivity index (χ1v) is 5.09. The van der Waals surface area contributed by atoms with E-state index >= 15 is 0 Å². The normalized spacial score (nSPS) is 10.6. The highest BCUT2D eigenvalue weighted by Crippen LogP contribution is 2.28. The molecule has 17 heavy (non-hydrogen) atoms. The molecule has 2 N–H and O–H groups in total. The van der Waals surface area contributed by atoms with E-state index in [1.807, 2.05) is 0 Å². The third-order valence-electron chi connectivity index (χ3n) is 2.44. The predicted octanol–water partition coefficient (Wildman–Crippen LogP) is 1.09. The second-order valence-electron chi connectivity index (χ2n) is 3.52. The van der Waals surface area contributed by atoms with E-state index in [9.17, 15) is 4.39 Å². The molecule has 1 aromatic carbocycles. The van der Waals surface area contributed by atoms with Crippen molar-refractivity contribution in [3.05, 3.63) is 29.8 Å². The lowest BCUT2D eigenvalue weighted by atomic mass is 10.2. The first kappa shape index (κ1) is 11.5. The molecule has 2 rings (SSSR count). The Morgan fingerprint density at radius 3 is 2.82 bits per heavy atom. The van der Waals surface area contributed by atoms with Crippen LogP contribution in [0.1, 0.15) is 5.82 Å². The van der Waals surface area contributed by atoms with Crippen molar-refractivity contribution in [1.82, 2.24) is 14.8 Å². The smallest absolute Gasteiger partial charge is 0.185 e. The molecule has 0 saturated heterocycles. The van der Waals surface area contributed by atoms with Crippen LogP contribution >= 0.6 is 0 Å². The van der Waals surface area contributed by atoms with E-state index in [0.717, 1.165) is 0 Å². The van der Waals surface area contributed by atoms with Gasteiger partial charge in [0.15, 0.2) is 5.82 Å². The summed E-state index contributed by atoms with van der Waals surface area (Å²) in [5.41, 5.74) is 6.03. The Labute approximate surface area is 98.0 Å². The average Bonchev–Trinajstić information content (AvgIpc) is 2.70. The van der Waals surface area contributed by atoms with Crippen LogP contribution in [0.2, 0.25) is 0 Å². The highest BCUT2D eigenvalue weighted by Gasteiger charge is 2.13. The highest BCUT2D eigenvalue weighted by molar-refractivity contribution is 5.63. The van der Waals surface area contributed by atoms with Crippen LogP contribution in [0.25, 0.3) is 11.4 Å². The molecule has 0 radical (unpaired) electrons. The number of rotatable bonds is 3. The molecule has 90 valence electrons. The fourth-order valence-corrected chi connectivity index (χ4v) is 1.56. The first-order valence-electron chi connectivity index (χ1n) is 5.09. The Bertz CT molecular complexity index is 538. The molecular weight excluding hydrogens is 223 g/mol. The van der Waals surface area contributed by atoms with E-state index in [0.29, 0.717) is 23.0 Å². The van der Waals surface area contributed by atoms with Crippen molar-refractivity contribution in [1.29, 1.82) is 0 Å². The van der Waals surface area contributed by atoms with Gasteiger partial charge in [-0.2, -0.15) is 5.10 Å². The number of nitrogens with zero attached hydrogens (tertiary/aromatic N) is 3. The largest absolute Gasteiger partial charge is 0.496 e. The zero-order chi connectivity index (χ0) is 12.4. The van der Waals surface area contributed by atoms with E-state index in [4.69, 9.17) is 10.5 Å². The number of hydrogen-bond donors (Lipinski definition) is 1. The summed E-state index contributed by atoms with van der Waals surface area (Å²) in [5, 5.41) is 4.18. The van der Waals surface area contributed by atoms with Crippen molar-refractivity contribution in [2.75, 3.05) is 7.11 Å². The van der Waals surface area contributed by atoms with Gasteiger partial charge in [0.05, 0.1) is 19.2 Å². The molecule has 6 heteroatoms. The summed E-state index contributed by atoms with van der Waals surface area (Å²) in [7, 11) is 3.26. The molecule has 0 saturated carbocycles. The highest BCUT2D eigenvalue weighted by atomic mass is 19.1. The molecule has 0 bridgehead atoms. The Kier molecular flexibility index (Phi) is 3.06. The Morgan fingerprint density at radius 2 is 2.24 bits per heavy atom.